The van der Waals surface area contributed by atoms with Crippen LogP contribution < -0.4 is 0 Å². The number of alkyl halides is 2. The van der Waals surface area contributed by atoms with E-state index in [1.165, 1.54) is 7.11 Å². The molecule has 0 unspecified atom stereocenters. The van der Waals surface area contributed by atoms with E-state index in [1.54, 1.807) is 0 Å². The van der Waals surface area contributed by atoms with Gasteiger partial charge in [0.1, 0.15) is 6.61 Å². The molecule has 0 aromatic rings. The zero-order valence-electron chi connectivity index (χ0n) is 4.86. The predicted octanol–water partition coefficient (Wildman–Crippen LogP) is 1.82. The van der Waals surface area contributed by atoms with Crippen molar-refractivity contribution in [2.45, 2.75) is 0 Å². The third-order valence-electron chi connectivity index (χ3n) is 0.258. The number of methoxy groups -OCH3 is 1. The lowest BCUT2D eigenvalue weighted by atomic mass is 10.8. The molecule has 0 atom stereocenters. The molecule has 0 fully saturated rings. The maximum atomic E-state index is 9.68. The van der Waals surface area contributed by atoms with Gasteiger partial charge in [-0.3, -0.25) is 4.79 Å². The Balaban J connectivity index is 0. The Kier molecular flexibility index (Phi) is 15.3. The van der Waals surface area contributed by atoms with Gasteiger partial charge in [0.15, 0.2) is 0 Å². The quantitative estimate of drug-likeness (QED) is 0.494. The highest BCUT2D eigenvalue weighted by molar-refractivity contribution is 6.63. The molecule has 0 N–H and O–H groups in total. The van der Waals surface area contributed by atoms with Crippen molar-refractivity contribution in [3.63, 3.8) is 0 Å². The third-order valence-corrected chi connectivity index (χ3v) is 0.367. The molecular formula is C4H7Cl3O2. The number of halogens is 3. The Morgan fingerprint density at radius 2 is 1.89 bits per heavy atom. The topological polar surface area (TPSA) is 26.3 Å². The number of hydrogen-bond acceptors (Lipinski definition) is 2. The molecule has 0 spiro atoms. The summed E-state index contributed by atoms with van der Waals surface area (Å²) >= 11 is 14.3. The second kappa shape index (κ2) is 11.3. The number of hydrogen-bond donors (Lipinski definition) is 0. The average Bonchev–Trinajstić information content (AvgIpc) is 1.67. The van der Waals surface area contributed by atoms with Crippen molar-refractivity contribution in [1.82, 2.24) is 0 Å². The van der Waals surface area contributed by atoms with Gasteiger partial charge in [0.05, 0.1) is 5.34 Å². The molecule has 0 amide bonds. The molecule has 0 aliphatic heterocycles. The molecule has 9 heavy (non-hydrogen) atoms. The lowest BCUT2D eigenvalue weighted by Crippen LogP contribution is -1.95. The van der Waals surface area contributed by atoms with Crippen molar-refractivity contribution in [3.8, 4) is 0 Å². The molecule has 2 nitrogen and oxygen atoms in total. The van der Waals surface area contributed by atoms with E-state index in [0.717, 1.165) is 0 Å². The Morgan fingerprint density at radius 1 is 1.56 bits per heavy atom. The highest BCUT2D eigenvalue weighted by Crippen LogP contribution is 1.76. The minimum atomic E-state index is -0.461. The van der Waals surface area contributed by atoms with Crippen LogP contribution in [0.25, 0.3) is 0 Å². The predicted molar refractivity (Wildman–Crippen MR) is 39.3 cm³/mol. The fraction of sp³-hybridized carbons (Fsp3) is 0.750. The highest BCUT2D eigenvalue weighted by atomic mass is 35.5. The van der Waals surface area contributed by atoms with E-state index in [2.05, 4.69) is 4.74 Å². The summed E-state index contributed by atoms with van der Waals surface area (Å²) in [6.45, 7) is 0.00154. The van der Waals surface area contributed by atoms with Crippen molar-refractivity contribution >= 4 is 40.0 Å². The van der Waals surface area contributed by atoms with E-state index in [-0.39, 0.29) is 11.9 Å². The number of carbonyl (C=O) groups excluding carboxylic acids is 1. The summed E-state index contributed by atoms with van der Waals surface area (Å²) < 4.78 is 4.32. The SMILES string of the molecule is COCC(=O)Cl.ClCCl. The molecule has 0 aromatic heterocycles. The second-order valence-electron chi connectivity index (χ2n) is 0.889. The molecule has 0 heterocycles. The number of rotatable bonds is 2. The molecule has 0 radical (unpaired) electrons. The first-order valence-corrected chi connectivity index (χ1v) is 3.43. The van der Waals surface area contributed by atoms with Gasteiger partial charge in [-0.1, -0.05) is 0 Å². The standard InChI is InChI=1S/C3H5ClO2.CH2Cl2/c1-6-2-3(4)5;2-1-3/h2H2,1H3;1H2. The summed E-state index contributed by atoms with van der Waals surface area (Å²) in [5.74, 6) is 0. The van der Waals surface area contributed by atoms with E-state index in [4.69, 9.17) is 34.8 Å². The normalized spacial score (nSPS) is 7.56. The van der Waals surface area contributed by atoms with Crippen LogP contribution in [0.5, 0.6) is 0 Å². The largest absolute Gasteiger partial charge is 0.376 e. The van der Waals surface area contributed by atoms with Crippen molar-refractivity contribution in [2.75, 3.05) is 19.1 Å². The van der Waals surface area contributed by atoms with Gasteiger partial charge >= 0.3 is 0 Å². The zero-order valence-corrected chi connectivity index (χ0v) is 7.13. The summed E-state index contributed by atoms with van der Waals surface area (Å²) in [6, 6.07) is 0. The van der Waals surface area contributed by atoms with Crippen molar-refractivity contribution < 1.29 is 9.53 Å². The van der Waals surface area contributed by atoms with Crippen LogP contribution in [0, 0.1) is 0 Å². The molecule has 56 valence electrons. The van der Waals surface area contributed by atoms with E-state index in [0.29, 0.717) is 0 Å². The van der Waals surface area contributed by atoms with Gasteiger partial charge in [0.2, 0.25) is 5.24 Å². The lowest BCUT2D eigenvalue weighted by Gasteiger charge is -1.82. The van der Waals surface area contributed by atoms with Crippen LogP contribution in [0.1, 0.15) is 0 Å². The van der Waals surface area contributed by atoms with Gasteiger partial charge in [0.25, 0.3) is 0 Å². The minimum absolute atomic E-state index is 0.00154. The molecule has 0 saturated carbocycles. The van der Waals surface area contributed by atoms with Crippen LogP contribution in [0.15, 0.2) is 0 Å². The van der Waals surface area contributed by atoms with Gasteiger partial charge in [-0.25, -0.2) is 0 Å². The first kappa shape index (κ1) is 12.2. The number of ether oxygens (including phenoxy) is 1. The van der Waals surface area contributed by atoms with Gasteiger partial charge in [-0.05, 0) is 11.6 Å². The molecule has 0 rings (SSSR count). The highest BCUT2D eigenvalue weighted by Gasteiger charge is 1.87. The lowest BCUT2D eigenvalue weighted by molar-refractivity contribution is -0.114. The molecule has 0 aromatic carbocycles. The Morgan fingerprint density at radius 3 is 1.89 bits per heavy atom. The van der Waals surface area contributed by atoms with Crippen LogP contribution in [0.2, 0.25) is 0 Å². The molecule has 0 saturated heterocycles. The van der Waals surface area contributed by atoms with Crippen LogP contribution in [-0.4, -0.2) is 24.3 Å². The molecule has 0 aliphatic rings. The summed E-state index contributed by atoms with van der Waals surface area (Å²) in [4.78, 5) is 9.68. The summed E-state index contributed by atoms with van der Waals surface area (Å²) in [5.41, 5.74) is 0. The van der Waals surface area contributed by atoms with Crippen LogP contribution in [-0.2, 0) is 9.53 Å². The first-order chi connectivity index (χ1) is 4.18. The fourth-order valence-electron chi connectivity index (χ4n) is 0.113. The second-order valence-corrected chi connectivity index (χ2v) is 2.12. The first-order valence-electron chi connectivity index (χ1n) is 1.98. The van der Waals surface area contributed by atoms with Gasteiger partial charge in [0, 0.05) is 7.11 Å². The Labute approximate surface area is 69.0 Å². The monoisotopic (exact) mass is 192 g/mol. The third kappa shape index (κ3) is 29.3. The average molecular weight is 193 g/mol. The van der Waals surface area contributed by atoms with E-state index < -0.39 is 5.24 Å². The zero-order chi connectivity index (χ0) is 7.70. The minimum Gasteiger partial charge on any atom is -0.376 e. The molecule has 5 heteroatoms. The molecular weight excluding hydrogens is 186 g/mol. The van der Waals surface area contributed by atoms with Crippen LogP contribution in [0.3, 0.4) is 0 Å². The van der Waals surface area contributed by atoms with Gasteiger partial charge < -0.3 is 4.74 Å². The van der Waals surface area contributed by atoms with E-state index in [1.807, 2.05) is 0 Å². The summed E-state index contributed by atoms with van der Waals surface area (Å²) in [7, 11) is 1.42. The van der Waals surface area contributed by atoms with E-state index in [9.17, 15) is 4.79 Å². The molecule has 0 bridgehead atoms. The fourth-order valence-corrected chi connectivity index (χ4v) is 0.223. The van der Waals surface area contributed by atoms with E-state index >= 15 is 0 Å². The van der Waals surface area contributed by atoms with Crippen LogP contribution in [0.4, 0.5) is 0 Å². The van der Waals surface area contributed by atoms with Gasteiger partial charge in [-0.15, -0.1) is 23.2 Å². The number of carbonyl (C=O) groups is 1. The van der Waals surface area contributed by atoms with Crippen molar-refractivity contribution in [2.24, 2.45) is 0 Å². The van der Waals surface area contributed by atoms with Crippen LogP contribution >= 0.6 is 34.8 Å². The smallest absolute Gasteiger partial charge is 0.247 e. The molecule has 0 aliphatic carbocycles. The van der Waals surface area contributed by atoms with Gasteiger partial charge in [-0.2, -0.15) is 0 Å². The Bertz CT molecular complexity index is 66.8. The van der Waals surface area contributed by atoms with Crippen molar-refractivity contribution in [3.05, 3.63) is 0 Å². The maximum Gasteiger partial charge on any atom is 0.247 e. The summed E-state index contributed by atoms with van der Waals surface area (Å²) in [5, 5.41) is -0.266. The van der Waals surface area contributed by atoms with Crippen molar-refractivity contribution in [1.29, 1.82) is 0 Å². The maximum absolute atomic E-state index is 9.68. The Hall–Kier alpha value is 0.500. The summed E-state index contributed by atoms with van der Waals surface area (Å²) in [6.07, 6.45) is 0.